The minimum atomic E-state index is -0.0935. The lowest BCUT2D eigenvalue weighted by Crippen LogP contribution is -2.28. The predicted octanol–water partition coefficient (Wildman–Crippen LogP) is 2.50. The molecule has 0 saturated carbocycles. The molecule has 9 heteroatoms. The third kappa shape index (κ3) is 4.30. The van der Waals surface area contributed by atoms with E-state index in [1.807, 2.05) is 45.3 Å². The second kappa shape index (κ2) is 7.83. The standard InChI is InChI=1S/C18H23N7OS/c1-10-12(3)25(9-21-10)16-8-15(23-13(4)24-16)19-6-7-20-18(26)17-11(2)22-14(5)27-17/h8-9H,6-7H2,1-5H3,(H,20,26)(H,19,23,24). The number of hydrogen-bond acceptors (Lipinski definition) is 7. The quantitative estimate of drug-likeness (QED) is 0.633. The van der Waals surface area contributed by atoms with E-state index in [2.05, 4.69) is 30.6 Å². The van der Waals surface area contributed by atoms with Crippen LogP contribution in [0.4, 0.5) is 5.82 Å². The summed E-state index contributed by atoms with van der Waals surface area (Å²) >= 11 is 1.41. The number of imidazole rings is 1. The van der Waals surface area contributed by atoms with Gasteiger partial charge in [-0.25, -0.2) is 19.9 Å². The third-order valence-corrected chi connectivity index (χ3v) is 5.22. The fourth-order valence-electron chi connectivity index (χ4n) is 2.68. The average Bonchev–Trinajstić information content (AvgIpc) is 3.12. The third-order valence-electron chi connectivity index (χ3n) is 4.15. The van der Waals surface area contributed by atoms with Gasteiger partial charge in [0.2, 0.25) is 0 Å². The molecule has 27 heavy (non-hydrogen) atoms. The van der Waals surface area contributed by atoms with Crippen LogP contribution in [0.5, 0.6) is 0 Å². The van der Waals surface area contributed by atoms with E-state index < -0.39 is 0 Å². The summed E-state index contributed by atoms with van der Waals surface area (Å²) in [6.45, 7) is 10.6. The van der Waals surface area contributed by atoms with Gasteiger partial charge in [-0.2, -0.15) is 0 Å². The number of amides is 1. The van der Waals surface area contributed by atoms with E-state index in [9.17, 15) is 4.79 Å². The Morgan fingerprint density at radius 3 is 2.48 bits per heavy atom. The van der Waals surface area contributed by atoms with Crippen LogP contribution in [-0.2, 0) is 0 Å². The highest BCUT2D eigenvalue weighted by molar-refractivity contribution is 7.13. The first-order valence-electron chi connectivity index (χ1n) is 8.68. The van der Waals surface area contributed by atoms with Crippen molar-refractivity contribution in [3.05, 3.63) is 45.2 Å². The number of hydrogen-bond donors (Lipinski definition) is 2. The van der Waals surface area contributed by atoms with Crippen LogP contribution in [-0.4, -0.2) is 43.5 Å². The summed E-state index contributed by atoms with van der Waals surface area (Å²) in [4.78, 5) is 30.4. The van der Waals surface area contributed by atoms with Gasteiger partial charge in [-0.05, 0) is 34.6 Å². The molecule has 3 rings (SSSR count). The molecule has 0 aromatic carbocycles. The number of aryl methyl sites for hydroxylation is 4. The second-order valence-electron chi connectivity index (χ2n) is 6.27. The molecule has 1 amide bonds. The second-order valence-corrected chi connectivity index (χ2v) is 7.48. The predicted molar refractivity (Wildman–Crippen MR) is 106 cm³/mol. The zero-order valence-corrected chi connectivity index (χ0v) is 16.9. The molecule has 0 aliphatic heterocycles. The van der Waals surface area contributed by atoms with Gasteiger partial charge in [-0.1, -0.05) is 0 Å². The molecule has 0 unspecified atom stereocenters. The number of carbonyl (C=O) groups is 1. The van der Waals surface area contributed by atoms with Gasteiger partial charge in [0.05, 0.1) is 16.4 Å². The number of nitrogens with one attached hydrogen (secondary N) is 2. The molecule has 0 aliphatic rings. The summed E-state index contributed by atoms with van der Waals surface area (Å²) in [7, 11) is 0. The van der Waals surface area contributed by atoms with Gasteiger partial charge in [0.25, 0.3) is 5.91 Å². The largest absolute Gasteiger partial charge is 0.368 e. The number of rotatable bonds is 6. The molecule has 3 aromatic heterocycles. The number of nitrogens with zero attached hydrogens (tertiary/aromatic N) is 5. The Morgan fingerprint density at radius 2 is 1.85 bits per heavy atom. The van der Waals surface area contributed by atoms with E-state index in [1.54, 1.807) is 6.33 Å². The van der Waals surface area contributed by atoms with Gasteiger partial charge in [-0.3, -0.25) is 9.36 Å². The Hall–Kier alpha value is -2.81. The molecular formula is C18H23N7OS. The van der Waals surface area contributed by atoms with Crippen LogP contribution in [0, 0.1) is 34.6 Å². The molecule has 3 aromatic rings. The molecule has 8 nitrogen and oxygen atoms in total. The summed E-state index contributed by atoms with van der Waals surface area (Å²) in [5.41, 5.74) is 2.78. The van der Waals surface area contributed by atoms with Gasteiger partial charge in [0.1, 0.15) is 28.7 Å². The van der Waals surface area contributed by atoms with Crippen molar-refractivity contribution in [2.45, 2.75) is 34.6 Å². The van der Waals surface area contributed by atoms with Crippen molar-refractivity contribution in [1.29, 1.82) is 0 Å². The highest BCUT2D eigenvalue weighted by Crippen LogP contribution is 2.17. The number of anilines is 1. The molecule has 3 heterocycles. The summed E-state index contributed by atoms with van der Waals surface area (Å²) in [5.74, 6) is 2.05. The van der Waals surface area contributed by atoms with E-state index in [0.29, 0.717) is 29.6 Å². The van der Waals surface area contributed by atoms with Crippen molar-refractivity contribution < 1.29 is 4.79 Å². The zero-order chi connectivity index (χ0) is 19.6. The number of thiazole rings is 1. The topological polar surface area (TPSA) is 97.6 Å². The zero-order valence-electron chi connectivity index (χ0n) is 16.1. The fraction of sp³-hybridized carbons (Fsp3) is 0.389. The van der Waals surface area contributed by atoms with Gasteiger partial charge in [0, 0.05) is 24.8 Å². The highest BCUT2D eigenvalue weighted by Gasteiger charge is 2.13. The smallest absolute Gasteiger partial charge is 0.263 e. The first-order valence-corrected chi connectivity index (χ1v) is 9.49. The minimum absolute atomic E-state index is 0.0935. The molecule has 2 N–H and O–H groups in total. The Balaban J connectivity index is 1.61. The van der Waals surface area contributed by atoms with E-state index in [0.717, 1.165) is 27.9 Å². The van der Waals surface area contributed by atoms with E-state index in [1.165, 1.54) is 11.3 Å². The lowest BCUT2D eigenvalue weighted by Gasteiger charge is -2.10. The maximum atomic E-state index is 12.2. The SMILES string of the molecule is Cc1nc(NCCNC(=O)c2sc(C)nc2C)cc(-n2cnc(C)c2C)n1. The van der Waals surface area contributed by atoms with Crippen LogP contribution >= 0.6 is 11.3 Å². The lowest BCUT2D eigenvalue weighted by atomic mass is 10.3. The number of aromatic nitrogens is 5. The monoisotopic (exact) mass is 385 g/mol. The van der Waals surface area contributed by atoms with Crippen molar-refractivity contribution in [3.63, 3.8) is 0 Å². The van der Waals surface area contributed by atoms with E-state index in [-0.39, 0.29) is 5.91 Å². The van der Waals surface area contributed by atoms with Gasteiger partial charge >= 0.3 is 0 Å². The summed E-state index contributed by atoms with van der Waals surface area (Å²) in [5, 5.41) is 7.04. The molecule has 0 bridgehead atoms. The normalized spacial score (nSPS) is 10.9. The lowest BCUT2D eigenvalue weighted by molar-refractivity contribution is 0.0958. The maximum absolute atomic E-state index is 12.2. The van der Waals surface area contributed by atoms with Crippen LogP contribution in [0.3, 0.4) is 0 Å². The van der Waals surface area contributed by atoms with Gasteiger partial charge < -0.3 is 10.6 Å². The minimum Gasteiger partial charge on any atom is -0.368 e. The van der Waals surface area contributed by atoms with Crippen LogP contribution in [0.25, 0.3) is 5.82 Å². The molecule has 0 spiro atoms. The maximum Gasteiger partial charge on any atom is 0.263 e. The van der Waals surface area contributed by atoms with Crippen LogP contribution in [0.1, 0.15) is 37.6 Å². The van der Waals surface area contributed by atoms with Gasteiger partial charge in [0.15, 0.2) is 0 Å². The van der Waals surface area contributed by atoms with Crippen molar-refractivity contribution in [3.8, 4) is 5.82 Å². The molecule has 0 radical (unpaired) electrons. The van der Waals surface area contributed by atoms with Crippen molar-refractivity contribution >= 4 is 23.1 Å². The molecule has 0 saturated heterocycles. The summed E-state index contributed by atoms with van der Waals surface area (Å²) in [6.07, 6.45) is 1.76. The van der Waals surface area contributed by atoms with Crippen molar-refractivity contribution in [1.82, 2.24) is 29.8 Å². The van der Waals surface area contributed by atoms with E-state index >= 15 is 0 Å². The first kappa shape index (κ1) is 19.0. The van der Waals surface area contributed by atoms with Crippen LogP contribution in [0.15, 0.2) is 12.4 Å². The Kier molecular flexibility index (Phi) is 5.50. The number of carbonyl (C=O) groups excluding carboxylic acids is 1. The Bertz CT molecular complexity index is 976. The summed E-state index contributed by atoms with van der Waals surface area (Å²) < 4.78 is 1.94. The van der Waals surface area contributed by atoms with Gasteiger partial charge in [-0.15, -0.1) is 11.3 Å². The first-order chi connectivity index (χ1) is 12.8. The Labute approximate surface area is 162 Å². The molecule has 0 aliphatic carbocycles. The fourth-order valence-corrected chi connectivity index (χ4v) is 3.52. The molecule has 0 fully saturated rings. The van der Waals surface area contributed by atoms with Crippen LogP contribution in [0.2, 0.25) is 0 Å². The molecule has 142 valence electrons. The average molecular weight is 385 g/mol. The van der Waals surface area contributed by atoms with Crippen LogP contribution < -0.4 is 10.6 Å². The Morgan fingerprint density at radius 1 is 1.07 bits per heavy atom. The van der Waals surface area contributed by atoms with Crippen molar-refractivity contribution in [2.24, 2.45) is 0 Å². The molecular weight excluding hydrogens is 362 g/mol. The summed E-state index contributed by atoms with van der Waals surface area (Å²) in [6, 6.07) is 1.87. The highest BCUT2D eigenvalue weighted by atomic mass is 32.1. The van der Waals surface area contributed by atoms with E-state index in [4.69, 9.17) is 0 Å². The van der Waals surface area contributed by atoms with Crippen molar-refractivity contribution in [2.75, 3.05) is 18.4 Å². The molecule has 0 atom stereocenters.